The topological polar surface area (TPSA) is 103 Å². The first-order chi connectivity index (χ1) is 10.1. The van der Waals surface area contributed by atoms with Gasteiger partial charge in [-0.1, -0.05) is 30.3 Å². The monoisotopic (exact) mass is 284 g/mol. The lowest BCUT2D eigenvalue weighted by atomic mass is 9.99. The molecule has 0 aliphatic carbocycles. The number of aromatic carboxylic acids is 2. The normalized spacial score (nSPS) is 9.71. The number of aromatic amines is 1. The summed E-state index contributed by atoms with van der Waals surface area (Å²) in [4.78, 5) is 28.4. The smallest absolute Gasteiger partial charge is 0.337 e. The summed E-state index contributed by atoms with van der Waals surface area (Å²) in [5, 5.41) is 19.1. The second kappa shape index (κ2) is 6.33. The molecule has 0 fully saturated rings. The molecule has 0 unspecified atom stereocenters. The first kappa shape index (κ1) is 14.3. The summed E-state index contributed by atoms with van der Waals surface area (Å²) in [7, 11) is 0. The van der Waals surface area contributed by atoms with Crippen molar-refractivity contribution in [3.63, 3.8) is 0 Å². The summed E-state index contributed by atoms with van der Waals surface area (Å²) in [5.74, 6) is -2.46. The zero-order chi connectivity index (χ0) is 15.2. The molecule has 0 amide bonds. The summed E-state index contributed by atoms with van der Waals surface area (Å²) < 4.78 is 0. The van der Waals surface area contributed by atoms with Gasteiger partial charge in [0.15, 0.2) is 0 Å². The highest BCUT2D eigenvalue weighted by atomic mass is 16.4. The molecule has 6 heteroatoms. The number of carboxylic acids is 2. The number of nitrogens with zero attached hydrogens (tertiary/aromatic N) is 1. The number of H-pyrrole nitrogens is 1. The fourth-order valence-corrected chi connectivity index (χ4v) is 1.90. The van der Waals surface area contributed by atoms with Gasteiger partial charge in [-0.15, -0.1) is 0 Å². The van der Waals surface area contributed by atoms with E-state index in [4.69, 9.17) is 10.2 Å². The third kappa shape index (κ3) is 3.24. The molecule has 6 nitrogen and oxygen atoms in total. The first-order valence-electron chi connectivity index (χ1n) is 6.02. The molecule has 106 valence electrons. The summed E-state index contributed by atoms with van der Waals surface area (Å²) in [6.45, 7) is 0. The summed E-state index contributed by atoms with van der Waals surface area (Å²) >= 11 is 0. The van der Waals surface area contributed by atoms with E-state index in [2.05, 4.69) is 9.97 Å². The van der Waals surface area contributed by atoms with Crippen LogP contribution in [-0.2, 0) is 0 Å². The van der Waals surface area contributed by atoms with Gasteiger partial charge in [0, 0.05) is 12.4 Å². The first-order valence-corrected chi connectivity index (χ1v) is 6.02. The average Bonchev–Trinajstić information content (AvgIpc) is 3.05. The van der Waals surface area contributed by atoms with Crippen molar-refractivity contribution in [3.8, 4) is 0 Å². The molecule has 3 aromatic rings. The van der Waals surface area contributed by atoms with Gasteiger partial charge in [0.1, 0.15) is 0 Å². The molecule has 3 N–H and O–H groups in total. The van der Waals surface area contributed by atoms with Crippen molar-refractivity contribution < 1.29 is 19.8 Å². The van der Waals surface area contributed by atoms with Crippen molar-refractivity contribution in [2.45, 2.75) is 0 Å². The third-order valence-electron chi connectivity index (χ3n) is 2.78. The number of hydrogen-bond donors (Lipinski definition) is 3. The fourth-order valence-electron chi connectivity index (χ4n) is 1.90. The van der Waals surface area contributed by atoms with Crippen molar-refractivity contribution in [1.29, 1.82) is 0 Å². The van der Waals surface area contributed by atoms with Gasteiger partial charge < -0.3 is 15.2 Å². The molecule has 0 spiro atoms. The van der Waals surface area contributed by atoms with Crippen LogP contribution in [0.2, 0.25) is 0 Å². The quantitative estimate of drug-likeness (QED) is 0.671. The number of nitrogens with one attached hydrogen (secondary N) is 1. The van der Waals surface area contributed by atoms with Crippen LogP contribution in [0.15, 0.2) is 55.1 Å². The zero-order valence-electron chi connectivity index (χ0n) is 10.9. The van der Waals surface area contributed by atoms with Crippen molar-refractivity contribution >= 4 is 22.7 Å². The van der Waals surface area contributed by atoms with E-state index in [9.17, 15) is 9.59 Å². The molecule has 21 heavy (non-hydrogen) atoms. The molecular formula is C15H12N2O4. The van der Waals surface area contributed by atoms with Gasteiger partial charge in [0.2, 0.25) is 0 Å². The van der Waals surface area contributed by atoms with Crippen LogP contribution in [0.4, 0.5) is 0 Å². The maximum atomic E-state index is 11.1. The Hall–Kier alpha value is -3.15. The van der Waals surface area contributed by atoms with Crippen molar-refractivity contribution in [1.82, 2.24) is 9.97 Å². The van der Waals surface area contributed by atoms with E-state index in [1.54, 1.807) is 49.1 Å². The van der Waals surface area contributed by atoms with Crippen molar-refractivity contribution in [2.75, 3.05) is 0 Å². The van der Waals surface area contributed by atoms with E-state index in [0.29, 0.717) is 10.8 Å². The van der Waals surface area contributed by atoms with Crippen LogP contribution in [0.1, 0.15) is 20.7 Å². The molecule has 0 bridgehead atoms. The number of imidazole rings is 1. The third-order valence-corrected chi connectivity index (χ3v) is 2.78. The van der Waals surface area contributed by atoms with Crippen LogP contribution in [0.25, 0.3) is 10.8 Å². The van der Waals surface area contributed by atoms with Crippen LogP contribution in [0, 0.1) is 0 Å². The number of hydrogen-bond acceptors (Lipinski definition) is 3. The molecule has 3 rings (SSSR count). The maximum absolute atomic E-state index is 11.1. The lowest BCUT2D eigenvalue weighted by Gasteiger charge is -2.05. The Morgan fingerprint density at radius 3 is 2.29 bits per heavy atom. The highest BCUT2D eigenvalue weighted by Crippen LogP contribution is 2.22. The number of carbonyl (C=O) groups is 2. The molecule has 1 aromatic heterocycles. The second-order valence-electron chi connectivity index (χ2n) is 4.08. The van der Waals surface area contributed by atoms with Gasteiger partial charge in [-0.05, 0) is 16.8 Å². The minimum atomic E-state index is -1.23. The van der Waals surface area contributed by atoms with Gasteiger partial charge in [0.25, 0.3) is 0 Å². The maximum Gasteiger partial charge on any atom is 0.337 e. The van der Waals surface area contributed by atoms with E-state index in [1.165, 1.54) is 6.07 Å². The number of benzene rings is 2. The average molecular weight is 284 g/mol. The van der Waals surface area contributed by atoms with Crippen LogP contribution in [0.5, 0.6) is 0 Å². The number of rotatable bonds is 2. The highest BCUT2D eigenvalue weighted by Gasteiger charge is 2.18. The second-order valence-corrected chi connectivity index (χ2v) is 4.08. The molecule has 0 saturated heterocycles. The minimum Gasteiger partial charge on any atom is -0.478 e. The SMILES string of the molecule is O=C(O)c1ccc2ccccc2c1C(=O)O.c1c[nH]cn1. The van der Waals surface area contributed by atoms with E-state index < -0.39 is 11.9 Å². The Labute approximate surface area is 119 Å². The Morgan fingerprint density at radius 2 is 1.76 bits per heavy atom. The van der Waals surface area contributed by atoms with E-state index in [1.807, 2.05) is 0 Å². The minimum absolute atomic E-state index is 0.161. The molecule has 0 aliphatic rings. The highest BCUT2D eigenvalue weighted by molar-refractivity contribution is 6.11. The Balaban J connectivity index is 0.000000272. The zero-order valence-corrected chi connectivity index (χ0v) is 10.9. The van der Waals surface area contributed by atoms with Crippen LogP contribution in [-0.4, -0.2) is 32.1 Å². The van der Waals surface area contributed by atoms with E-state index in [0.717, 1.165) is 0 Å². The Kier molecular flexibility index (Phi) is 4.30. The summed E-state index contributed by atoms with van der Waals surface area (Å²) in [6.07, 6.45) is 5.08. The number of fused-ring (bicyclic) bond motifs is 1. The Morgan fingerprint density at radius 1 is 1.00 bits per heavy atom. The predicted molar refractivity (Wildman–Crippen MR) is 76.5 cm³/mol. The lowest BCUT2D eigenvalue weighted by Crippen LogP contribution is -2.08. The Bertz CT molecular complexity index is 749. The standard InChI is InChI=1S/C12H8O4.C3H4N2/c13-11(14)9-6-5-7-3-1-2-4-8(7)10(9)12(15)16;1-2-5-3-4-1/h1-6H,(H,13,14)(H,15,16);1-3H,(H,4,5). The molecule has 2 aromatic carbocycles. The summed E-state index contributed by atoms with van der Waals surface area (Å²) in [5.41, 5.74) is -0.350. The van der Waals surface area contributed by atoms with Gasteiger partial charge in [-0.2, -0.15) is 0 Å². The number of aromatic nitrogens is 2. The van der Waals surface area contributed by atoms with Crippen LogP contribution < -0.4 is 0 Å². The van der Waals surface area contributed by atoms with Crippen LogP contribution in [0.3, 0.4) is 0 Å². The van der Waals surface area contributed by atoms with Crippen molar-refractivity contribution in [2.24, 2.45) is 0 Å². The van der Waals surface area contributed by atoms with Gasteiger partial charge in [-0.25, -0.2) is 14.6 Å². The summed E-state index contributed by atoms with van der Waals surface area (Å²) in [6, 6.07) is 9.72. The number of carboxylic acid groups (broad SMARTS) is 2. The molecule has 0 saturated carbocycles. The predicted octanol–water partition coefficient (Wildman–Crippen LogP) is 2.65. The molecule has 0 aliphatic heterocycles. The van der Waals surface area contributed by atoms with Gasteiger partial charge >= 0.3 is 11.9 Å². The largest absolute Gasteiger partial charge is 0.478 e. The molecule has 1 heterocycles. The van der Waals surface area contributed by atoms with E-state index >= 15 is 0 Å². The molecular weight excluding hydrogens is 272 g/mol. The lowest BCUT2D eigenvalue weighted by molar-refractivity contribution is 0.0653. The van der Waals surface area contributed by atoms with Crippen LogP contribution >= 0.6 is 0 Å². The van der Waals surface area contributed by atoms with Gasteiger partial charge in [0.05, 0.1) is 17.5 Å². The van der Waals surface area contributed by atoms with Crippen molar-refractivity contribution in [3.05, 3.63) is 66.2 Å². The molecule has 0 atom stereocenters. The van der Waals surface area contributed by atoms with Gasteiger partial charge in [-0.3, -0.25) is 0 Å². The molecule has 0 radical (unpaired) electrons. The fraction of sp³-hybridized carbons (Fsp3) is 0. The van der Waals surface area contributed by atoms with E-state index in [-0.39, 0.29) is 11.1 Å².